The van der Waals surface area contributed by atoms with Crippen LogP contribution < -0.4 is 5.32 Å². The molecule has 0 spiro atoms. The maximum atomic E-state index is 12.2. The quantitative estimate of drug-likeness (QED) is 0.880. The van der Waals surface area contributed by atoms with Crippen LogP contribution in [0.4, 0.5) is 0 Å². The molecule has 0 unspecified atom stereocenters. The van der Waals surface area contributed by atoms with Crippen LogP contribution in [0.15, 0.2) is 18.5 Å². The Balaban J connectivity index is 1.47. The Kier molecular flexibility index (Phi) is 3.73. The lowest BCUT2D eigenvalue weighted by Crippen LogP contribution is -2.45. The molecule has 3 rings (SSSR count). The zero-order valence-corrected chi connectivity index (χ0v) is 11.1. The van der Waals surface area contributed by atoms with E-state index in [0.717, 1.165) is 38.4 Å². The highest BCUT2D eigenvalue weighted by Crippen LogP contribution is 2.28. The number of nitrogens with zero attached hydrogens (tertiary/aromatic N) is 3. The van der Waals surface area contributed by atoms with E-state index in [1.165, 1.54) is 12.8 Å². The fraction of sp³-hybridized carbons (Fsp3) is 0.643. The van der Waals surface area contributed by atoms with Crippen molar-refractivity contribution in [1.82, 2.24) is 20.4 Å². The number of likely N-dealkylation sites (tertiary alicyclic amines) is 1. The van der Waals surface area contributed by atoms with Crippen molar-refractivity contribution in [1.29, 1.82) is 0 Å². The molecule has 0 bridgehead atoms. The van der Waals surface area contributed by atoms with E-state index in [-0.39, 0.29) is 5.91 Å². The average Bonchev–Trinajstić information content (AvgIpc) is 3.30. The lowest BCUT2D eigenvalue weighted by molar-refractivity contribution is 0.0704. The summed E-state index contributed by atoms with van der Waals surface area (Å²) in [5, 5.41) is 11.1. The van der Waals surface area contributed by atoms with Crippen molar-refractivity contribution in [2.75, 3.05) is 19.6 Å². The molecule has 1 aliphatic heterocycles. The van der Waals surface area contributed by atoms with E-state index in [4.69, 9.17) is 0 Å². The fourth-order valence-corrected chi connectivity index (χ4v) is 2.54. The third-order valence-electron chi connectivity index (χ3n) is 4.01. The summed E-state index contributed by atoms with van der Waals surface area (Å²) in [6.45, 7) is 2.83. The van der Waals surface area contributed by atoms with Gasteiger partial charge in [-0.25, -0.2) is 0 Å². The largest absolute Gasteiger partial charge is 0.338 e. The van der Waals surface area contributed by atoms with Crippen molar-refractivity contribution in [3.05, 3.63) is 24.0 Å². The normalized spacial score (nSPS) is 20.5. The molecule has 0 atom stereocenters. The average molecular weight is 260 g/mol. The monoisotopic (exact) mass is 260 g/mol. The van der Waals surface area contributed by atoms with Gasteiger partial charge in [-0.1, -0.05) is 0 Å². The second-order valence-electron chi connectivity index (χ2n) is 5.55. The van der Waals surface area contributed by atoms with Gasteiger partial charge in [0.2, 0.25) is 0 Å². The maximum absolute atomic E-state index is 12.2. The van der Waals surface area contributed by atoms with Gasteiger partial charge in [-0.05, 0) is 44.2 Å². The van der Waals surface area contributed by atoms with Crippen LogP contribution in [0.25, 0.3) is 0 Å². The van der Waals surface area contributed by atoms with Gasteiger partial charge in [-0.3, -0.25) is 4.79 Å². The van der Waals surface area contributed by atoms with Crippen molar-refractivity contribution in [2.45, 2.75) is 31.7 Å². The van der Waals surface area contributed by atoms with Gasteiger partial charge in [0, 0.05) is 19.1 Å². The van der Waals surface area contributed by atoms with Gasteiger partial charge >= 0.3 is 0 Å². The van der Waals surface area contributed by atoms with E-state index in [2.05, 4.69) is 15.5 Å². The molecule has 5 heteroatoms. The summed E-state index contributed by atoms with van der Waals surface area (Å²) < 4.78 is 0. The van der Waals surface area contributed by atoms with E-state index < -0.39 is 0 Å². The van der Waals surface area contributed by atoms with Gasteiger partial charge in [0.25, 0.3) is 5.91 Å². The van der Waals surface area contributed by atoms with E-state index in [1.54, 1.807) is 18.5 Å². The first-order valence-corrected chi connectivity index (χ1v) is 7.12. The minimum absolute atomic E-state index is 0.0792. The summed E-state index contributed by atoms with van der Waals surface area (Å²) in [4.78, 5) is 14.1. The summed E-state index contributed by atoms with van der Waals surface area (Å²) in [6.07, 6.45) is 7.99. The van der Waals surface area contributed by atoms with E-state index >= 15 is 0 Å². The molecule has 2 aliphatic rings. The van der Waals surface area contributed by atoms with Crippen molar-refractivity contribution < 1.29 is 4.79 Å². The second-order valence-corrected chi connectivity index (χ2v) is 5.55. The van der Waals surface area contributed by atoms with E-state index in [0.29, 0.717) is 11.6 Å². The Morgan fingerprint density at radius 3 is 2.68 bits per heavy atom. The molecule has 1 aliphatic carbocycles. The standard InChI is InChI=1S/C14H20N4O/c19-14(12-3-6-16-17-10-12)18-7-4-13(5-8-18)15-9-11-1-2-11/h3,6,10-11,13,15H,1-2,4-5,7-9H2. The van der Waals surface area contributed by atoms with Crippen LogP contribution in [-0.2, 0) is 0 Å². The molecule has 1 aromatic rings. The predicted octanol–water partition coefficient (Wildman–Crippen LogP) is 1.08. The molecule has 102 valence electrons. The first-order valence-electron chi connectivity index (χ1n) is 7.12. The van der Waals surface area contributed by atoms with Crippen LogP contribution in [-0.4, -0.2) is 46.7 Å². The number of carbonyl (C=O) groups excluding carboxylic acids is 1. The van der Waals surface area contributed by atoms with Gasteiger partial charge in [0.15, 0.2) is 0 Å². The lowest BCUT2D eigenvalue weighted by Gasteiger charge is -2.32. The number of hydrogen-bond acceptors (Lipinski definition) is 4. The maximum Gasteiger partial charge on any atom is 0.255 e. The molecule has 5 nitrogen and oxygen atoms in total. The number of piperidine rings is 1. The van der Waals surface area contributed by atoms with Crippen molar-refractivity contribution >= 4 is 5.91 Å². The van der Waals surface area contributed by atoms with E-state index in [9.17, 15) is 4.79 Å². The van der Waals surface area contributed by atoms with Gasteiger partial charge in [0.1, 0.15) is 0 Å². The SMILES string of the molecule is O=C(c1ccnnc1)N1CCC(NCC2CC2)CC1. The lowest BCUT2D eigenvalue weighted by atomic mass is 10.0. The summed E-state index contributed by atoms with van der Waals surface area (Å²) in [5.74, 6) is 0.998. The van der Waals surface area contributed by atoms with Gasteiger partial charge < -0.3 is 10.2 Å². The molecule has 1 aromatic heterocycles. The third-order valence-corrected chi connectivity index (χ3v) is 4.01. The van der Waals surface area contributed by atoms with Crippen LogP contribution >= 0.6 is 0 Å². The Morgan fingerprint density at radius 2 is 2.05 bits per heavy atom. The van der Waals surface area contributed by atoms with Crippen molar-refractivity contribution in [2.24, 2.45) is 5.92 Å². The summed E-state index contributed by atoms with van der Waals surface area (Å²) in [5.41, 5.74) is 0.638. The molecule has 2 heterocycles. The summed E-state index contributed by atoms with van der Waals surface area (Å²) >= 11 is 0. The zero-order valence-electron chi connectivity index (χ0n) is 11.1. The van der Waals surface area contributed by atoms with Crippen LogP contribution in [0.3, 0.4) is 0 Å². The van der Waals surface area contributed by atoms with Crippen LogP contribution in [0.1, 0.15) is 36.0 Å². The molecular formula is C14H20N4O. The number of hydrogen-bond donors (Lipinski definition) is 1. The molecule has 1 N–H and O–H groups in total. The minimum atomic E-state index is 0.0792. The Labute approximate surface area is 113 Å². The van der Waals surface area contributed by atoms with Crippen LogP contribution in [0, 0.1) is 5.92 Å². The number of carbonyl (C=O) groups is 1. The molecule has 0 radical (unpaired) electrons. The number of aromatic nitrogens is 2. The number of rotatable bonds is 4. The minimum Gasteiger partial charge on any atom is -0.338 e. The van der Waals surface area contributed by atoms with Gasteiger partial charge in [0.05, 0.1) is 18.0 Å². The first kappa shape index (κ1) is 12.5. The topological polar surface area (TPSA) is 58.1 Å². The first-order chi connectivity index (χ1) is 9.33. The Bertz CT molecular complexity index is 424. The predicted molar refractivity (Wildman–Crippen MR) is 71.7 cm³/mol. The summed E-state index contributed by atoms with van der Waals surface area (Å²) in [7, 11) is 0. The highest BCUT2D eigenvalue weighted by molar-refractivity contribution is 5.93. The molecule has 2 fully saturated rings. The number of amides is 1. The fourth-order valence-electron chi connectivity index (χ4n) is 2.54. The molecule has 1 amide bonds. The van der Waals surface area contributed by atoms with Crippen molar-refractivity contribution in [3.63, 3.8) is 0 Å². The highest BCUT2D eigenvalue weighted by atomic mass is 16.2. The molecule has 1 saturated carbocycles. The number of nitrogens with one attached hydrogen (secondary N) is 1. The molecule has 1 saturated heterocycles. The third kappa shape index (κ3) is 3.29. The summed E-state index contributed by atoms with van der Waals surface area (Å²) in [6, 6.07) is 2.31. The van der Waals surface area contributed by atoms with Gasteiger partial charge in [-0.15, -0.1) is 0 Å². The Hall–Kier alpha value is -1.49. The molecule has 0 aromatic carbocycles. The molecule has 19 heavy (non-hydrogen) atoms. The van der Waals surface area contributed by atoms with E-state index in [1.807, 2.05) is 4.90 Å². The van der Waals surface area contributed by atoms with Crippen molar-refractivity contribution in [3.8, 4) is 0 Å². The Morgan fingerprint density at radius 1 is 1.26 bits per heavy atom. The van der Waals surface area contributed by atoms with Crippen LogP contribution in [0.5, 0.6) is 0 Å². The van der Waals surface area contributed by atoms with Gasteiger partial charge in [-0.2, -0.15) is 10.2 Å². The van der Waals surface area contributed by atoms with Crippen LogP contribution in [0.2, 0.25) is 0 Å². The smallest absolute Gasteiger partial charge is 0.255 e. The zero-order chi connectivity index (χ0) is 13.1. The highest BCUT2D eigenvalue weighted by Gasteiger charge is 2.26. The molecular weight excluding hydrogens is 240 g/mol. The second kappa shape index (κ2) is 5.65.